The van der Waals surface area contributed by atoms with Crippen molar-refractivity contribution in [2.24, 2.45) is 0 Å². The van der Waals surface area contributed by atoms with Crippen molar-refractivity contribution in [3.63, 3.8) is 0 Å². The first-order valence-corrected chi connectivity index (χ1v) is 9.93. The molecule has 142 valence electrons. The zero-order valence-corrected chi connectivity index (χ0v) is 15.9. The Hall–Kier alpha value is -2.42. The molecule has 3 rings (SSSR count). The highest BCUT2D eigenvalue weighted by molar-refractivity contribution is 7.89. The molecule has 0 aromatic heterocycles. The molecular weight excluding hydrogens is 392 g/mol. The molecule has 27 heavy (non-hydrogen) atoms. The van der Waals surface area contributed by atoms with Gasteiger partial charge in [0.15, 0.2) is 0 Å². The number of anilines is 1. The van der Waals surface area contributed by atoms with E-state index in [0.29, 0.717) is 16.8 Å². The van der Waals surface area contributed by atoms with E-state index in [2.05, 4.69) is 4.72 Å². The summed E-state index contributed by atoms with van der Waals surface area (Å²) in [7, 11) is -2.40. The minimum Gasteiger partial charge on any atom is -0.481 e. The third-order valence-electron chi connectivity index (χ3n) is 4.40. The van der Waals surface area contributed by atoms with Crippen LogP contribution in [0.15, 0.2) is 47.4 Å². The van der Waals surface area contributed by atoms with Gasteiger partial charge in [0.25, 0.3) is 0 Å². The molecule has 9 heteroatoms. The molecule has 0 aliphatic carbocycles. The Bertz CT molecular complexity index is 1020. The zero-order valence-electron chi connectivity index (χ0n) is 14.3. The Morgan fingerprint density at radius 2 is 2.00 bits per heavy atom. The Balaban J connectivity index is 1.94. The lowest BCUT2D eigenvalue weighted by Gasteiger charge is -2.19. The van der Waals surface area contributed by atoms with Crippen molar-refractivity contribution < 1.29 is 23.1 Å². The fourth-order valence-corrected chi connectivity index (χ4v) is 4.55. The SMILES string of the molecule is CN1C(=O)Cc2cc(S(=O)(=O)N[C@@H](CC(=O)O)c3ccccc3Cl)ccc21. The van der Waals surface area contributed by atoms with Crippen molar-refractivity contribution in [1.82, 2.24) is 4.72 Å². The summed E-state index contributed by atoms with van der Waals surface area (Å²) in [6.45, 7) is 0. The second-order valence-electron chi connectivity index (χ2n) is 6.21. The van der Waals surface area contributed by atoms with Crippen LogP contribution in [-0.4, -0.2) is 32.4 Å². The van der Waals surface area contributed by atoms with Gasteiger partial charge in [-0.15, -0.1) is 0 Å². The molecule has 2 N–H and O–H groups in total. The molecule has 7 nitrogen and oxygen atoms in total. The van der Waals surface area contributed by atoms with Crippen molar-refractivity contribution in [2.45, 2.75) is 23.8 Å². The van der Waals surface area contributed by atoms with Crippen molar-refractivity contribution in [1.29, 1.82) is 0 Å². The number of fused-ring (bicyclic) bond motifs is 1. The maximum absolute atomic E-state index is 12.8. The summed E-state index contributed by atoms with van der Waals surface area (Å²) in [6.07, 6.45) is -0.340. The van der Waals surface area contributed by atoms with Gasteiger partial charge in [0, 0.05) is 17.8 Å². The normalized spacial score (nSPS) is 14.9. The highest BCUT2D eigenvalue weighted by Gasteiger charge is 2.29. The number of nitrogens with one attached hydrogen (secondary N) is 1. The van der Waals surface area contributed by atoms with E-state index in [-0.39, 0.29) is 22.2 Å². The van der Waals surface area contributed by atoms with Crippen LogP contribution in [-0.2, 0) is 26.0 Å². The first-order valence-electron chi connectivity index (χ1n) is 8.07. The van der Waals surface area contributed by atoms with E-state index in [1.54, 1.807) is 37.4 Å². The minimum absolute atomic E-state index is 0.0354. The van der Waals surface area contributed by atoms with E-state index in [4.69, 9.17) is 16.7 Å². The summed E-state index contributed by atoms with van der Waals surface area (Å²) in [4.78, 5) is 24.4. The molecule has 1 aliphatic rings. The molecule has 1 heterocycles. The van der Waals surface area contributed by atoms with Gasteiger partial charge in [-0.2, -0.15) is 0 Å². The molecule has 1 atom stereocenters. The number of benzene rings is 2. The van der Waals surface area contributed by atoms with E-state index in [1.807, 2.05) is 0 Å². The fraction of sp³-hybridized carbons (Fsp3) is 0.222. The number of hydrogen-bond acceptors (Lipinski definition) is 4. The average molecular weight is 409 g/mol. The van der Waals surface area contributed by atoms with Gasteiger partial charge in [0.1, 0.15) is 0 Å². The summed E-state index contributed by atoms with van der Waals surface area (Å²) in [5.41, 5.74) is 1.64. The average Bonchev–Trinajstić information content (AvgIpc) is 2.88. The number of carboxylic acids is 1. The van der Waals surface area contributed by atoms with Gasteiger partial charge in [0.05, 0.1) is 23.8 Å². The smallest absolute Gasteiger partial charge is 0.305 e. The number of likely N-dealkylation sites (N-methyl/N-ethyl adjacent to an activating group) is 1. The number of amides is 1. The quantitative estimate of drug-likeness (QED) is 0.763. The van der Waals surface area contributed by atoms with Crippen LogP contribution in [0.25, 0.3) is 0 Å². The lowest BCUT2D eigenvalue weighted by Crippen LogP contribution is -2.30. The Morgan fingerprint density at radius 3 is 2.67 bits per heavy atom. The molecule has 0 fully saturated rings. The van der Waals surface area contributed by atoms with Crippen LogP contribution < -0.4 is 9.62 Å². The monoisotopic (exact) mass is 408 g/mol. The predicted molar refractivity (Wildman–Crippen MR) is 100 cm³/mol. The molecule has 1 amide bonds. The van der Waals surface area contributed by atoms with E-state index in [9.17, 15) is 18.0 Å². The Kier molecular flexibility index (Phi) is 5.23. The van der Waals surface area contributed by atoms with Crippen molar-refractivity contribution >= 4 is 39.2 Å². The van der Waals surface area contributed by atoms with Crippen molar-refractivity contribution in [3.05, 3.63) is 58.6 Å². The van der Waals surface area contributed by atoms with Gasteiger partial charge in [-0.05, 0) is 35.4 Å². The number of sulfonamides is 1. The van der Waals surface area contributed by atoms with Gasteiger partial charge in [-0.1, -0.05) is 29.8 Å². The number of rotatable bonds is 6. The van der Waals surface area contributed by atoms with E-state index < -0.39 is 28.5 Å². The fourth-order valence-electron chi connectivity index (χ4n) is 3.02. The highest BCUT2D eigenvalue weighted by atomic mass is 35.5. The molecule has 1 aliphatic heterocycles. The summed E-state index contributed by atoms with van der Waals surface area (Å²) in [5.74, 6) is -1.28. The largest absolute Gasteiger partial charge is 0.481 e. The third-order valence-corrected chi connectivity index (χ3v) is 6.21. The maximum Gasteiger partial charge on any atom is 0.305 e. The van der Waals surface area contributed by atoms with Gasteiger partial charge in [-0.3, -0.25) is 9.59 Å². The number of halogens is 1. The van der Waals surface area contributed by atoms with Crippen LogP contribution in [0.1, 0.15) is 23.6 Å². The van der Waals surface area contributed by atoms with Crippen LogP contribution in [0.2, 0.25) is 5.02 Å². The number of carboxylic acid groups (broad SMARTS) is 1. The number of carbonyl (C=O) groups excluding carboxylic acids is 1. The van der Waals surface area contributed by atoms with Gasteiger partial charge < -0.3 is 10.0 Å². The molecular formula is C18H17ClN2O5S. The summed E-state index contributed by atoms with van der Waals surface area (Å²) >= 11 is 6.12. The molecule has 0 bridgehead atoms. The minimum atomic E-state index is -4.03. The molecule has 2 aromatic rings. The summed E-state index contributed by atoms with van der Waals surface area (Å²) < 4.78 is 28.1. The number of nitrogens with zero attached hydrogens (tertiary/aromatic N) is 1. The molecule has 0 radical (unpaired) electrons. The van der Waals surface area contributed by atoms with E-state index in [0.717, 1.165) is 0 Å². The predicted octanol–water partition coefficient (Wildman–Crippen LogP) is 2.35. The first-order chi connectivity index (χ1) is 12.7. The molecule has 2 aromatic carbocycles. The standard InChI is InChI=1S/C18H17ClN2O5S/c1-21-16-7-6-12(8-11(16)9-17(21)22)27(25,26)20-15(10-18(23)24)13-4-2-3-5-14(13)19/h2-8,15,20H,9-10H2,1H3,(H,23,24)/t15-/m0/s1. The maximum atomic E-state index is 12.8. The third kappa shape index (κ3) is 3.97. The number of hydrogen-bond donors (Lipinski definition) is 2. The zero-order chi connectivity index (χ0) is 19.8. The lowest BCUT2D eigenvalue weighted by atomic mass is 10.1. The molecule has 0 saturated heterocycles. The van der Waals surface area contributed by atoms with Crippen LogP contribution in [0, 0.1) is 0 Å². The van der Waals surface area contributed by atoms with E-state index >= 15 is 0 Å². The van der Waals surface area contributed by atoms with Crippen molar-refractivity contribution in [3.8, 4) is 0 Å². The first kappa shape index (κ1) is 19.3. The van der Waals surface area contributed by atoms with Crippen molar-refractivity contribution in [2.75, 3.05) is 11.9 Å². The summed E-state index contributed by atoms with van der Waals surface area (Å²) in [6, 6.07) is 9.83. The second kappa shape index (κ2) is 7.30. The number of carbonyl (C=O) groups is 2. The topological polar surface area (TPSA) is 104 Å². The molecule has 0 saturated carbocycles. The van der Waals surface area contributed by atoms with Crippen LogP contribution >= 0.6 is 11.6 Å². The highest BCUT2D eigenvalue weighted by Crippen LogP contribution is 2.31. The van der Waals surface area contributed by atoms with Crippen LogP contribution in [0.5, 0.6) is 0 Å². The van der Waals surface area contributed by atoms with Crippen LogP contribution in [0.4, 0.5) is 5.69 Å². The molecule has 0 spiro atoms. The van der Waals surface area contributed by atoms with Gasteiger partial charge in [-0.25, -0.2) is 13.1 Å². The summed E-state index contributed by atoms with van der Waals surface area (Å²) in [5, 5.41) is 9.44. The molecule has 0 unspecified atom stereocenters. The lowest BCUT2D eigenvalue weighted by molar-refractivity contribution is -0.137. The van der Waals surface area contributed by atoms with Gasteiger partial charge >= 0.3 is 5.97 Å². The van der Waals surface area contributed by atoms with Crippen LogP contribution in [0.3, 0.4) is 0 Å². The number of aliphatic carboxylic acids is 1. The second-order valence-corrected chi connectivity index (χ2v) is 8.33. The Labute approximate surface area is 161 Å². The Morgan fingerprint density at radius 1 is 1.30 bits per heavy atom. The van der Waals surface area contributed by atoms with E-state index in [1.165, 1.54) is 17.0 Å². The van der Waals surface area contributed by atoms with Gasteiger partial charge in [0.2, 0.25) is 15.9 Å².